The Bertz CT molecular complexity index is 580. The summed E-state index contributed by atoms with van der Waals surface area (Å²) in [5, 5.41) is 3.62. The first-order chi connectivity index (χ1) is 11.0. The molecular weight excluding hydrogens is 339 g/mol. The predicted octanol–water partition coefficient (Wildman–Crippen LogP) is 3.21. The van der Waals surface area contributed by atoms with Crippen molar-refractivity contribution in [1.82, 2.24) is 4.90 Å². The van der Waals surface area contributed by atoms with Crippen LogP contribution in [-0.2, 0) is 14.3 Å². The van der Waals surface area contributed by atoms with E-state index in [0.717, 1.165) is 19.4 Å². The second-order valence-corrected chi connectivity index (χ2v) is 6.32. The fourth-order valence-corrected chi connectivity index (χ4v) is 2.93. The molecule has 5 nitrogen and oxygen atoms in total. The quantitative estimate of drug-likeness (QED) is 0.821. The Hall–Kier alpha value is -1.30. The van der Waals surface area contributed by atoms with Gasteiger partial charge in [0.15, 0.2) is 0 Å². The molecule has 1 aromatic carbocycles. The molecule has 1 aliphatic heterocycles. The van der Waals surface area contributed by atoms with Crippen LogP contribution in [0, 0.1) is 5.92 Å². The Morgan fingerprint density at radius 1 is 1.35 bits per heavy atom. The summed E-state index contributed by atoms with van der Waals surface area (Å²) in [7, 11) is 0. The Labute approximate surface area is 145 Å². The molecule has 1 amide bonds. The number of amides is 1. The minimum Gasteiger partial charge on any atom is -0.466 e. The lowest BCUT2D eigenvalue weighted by Gasteiger charge is -2.30. The van der Waals surface area contributed by atoms with Crippen LogP contribution in [-0.4, -0.2) is 43.0 Å². The lowest BCUT2D eigenvalue weighted by atomic mass is 9.98. The van der Waals surface area contributed by atoms with Gasteiger partial charge in [0, 0.05) is 12.2 Å². The highest BCUT2D eigenvalue weighted by molar-refractivity contribution is 6.42. The monoisotopic (exact) mass is 358 g/mol. The van der Waals surface area contributed by atoms with Gasteiger partial charge >= 0.3 is 5.97 Å². The maximum absolute atomic E-state index is 12.1. The van der Waals surface area contributed by atoms with Crippen molar-refractivity contribution in [1.29, 1.82) is 0 Å². The number of benzene rings is 1. The molecule has 1 N–H and O–H groups in total. The highest BCUT2D eigenvalue weighted by atomic mass is 35.5. The Kier molecular flexibility index (Phi) is 6.69. The van der Waals surface area contributed by atoms with Crippen molar-refractivity contribution in [3.63, 3.8) is 0 Å². The second-order valence-electron chi connectivity index (χ2n) is 5.50. The van der Waals surface area contributed by atoms with Crippen LogP contribution in [0.25, 0.3) is 0 Å². The summed E-state index contributed by atoms with van der Waals surface area (Å²) in [5.41, 5.74) is 0.600. The summed E-state index contributed by atoms with van der Waals surface area (Å²) >= 11 is 11.8. The van der Waals surface area contributed by atoms with Gasteiger partial charge in [-0.2, -0.15) is 0 Å². The molecule has 0 aromatic heterocycles. The molecular formula is C16H20Cl2N2O3. The van der Waals surface area contributed by atoms with E-state index in [1.54, 1.807) is 25.1 Å². The third-order valence-corrected chi connectivity index (χ3v) is 4.44. The maximum Gasteiger partial charge on any atom is 0.310 e. The van der Waals surface area contributed by atoms with Crippen molar-refractivity contribution in [2.24, 2.45) is 5.92 Å². The molecule has 1 aromatic rings. The maximum atomic E-state index is 12.1. The topological polar surface area (TPSA) is 58.6 Å². The van der Waals surface area contributed by atoms with E-state index in [-0.39, 0.29) is 24.3 Å². The number of carbonyl (C=O) groups excluding carboxylic acids is 2. The van der Waals surface area contributed by atoms with E-state index in [1.807, 2.05) is 4.90 Å². The summed E-state index contributed by atoms with van der Waals surface area (Å²) in [4.78, 5) is 25.9. The fourth-order valence-electron chi connectivity index (χ4n) is 2.63. The van der Waals surface area contributed by atoms with Gasteiger partial charge in [-0.05, 0) is 44.5 Å². The fraction of sp³-hybridized carbons (Fsp3) is 0.500. The van der Waals surface area contributed by atoms with E-state index in [2.05, 4.69) is 5.32 Å². The zero-order valence-corrected chi connectivity index (χ0v) is 14.5. The number of anilines is 1. The van der Waals surface area contributed by atoms with Crippen molar-refractivity contribution in [2.75, 3.05) is 31.6 Å². The van der Waals surface area contributed by atoms with Crippen LogP contribution < -0.4 is 5.32 Å². The van der Waals surface area contributed by atoms with Gasteiger partial charge in [-0.1, -0.05) is 23.2 Å². The van der Waals surface area contributed by atoms with Gasteiger partial charge in [0.1, 0.15) is 0 Å². The van der Waals surface area contributed by atoms with Crippen LogP contribution in [0.4, 0.5) is 5.69 Å². The SMILES string of the molecule is CCOC(=O)[C@@H]1CCCN(CC(=O)Nc2ccc(Cl)c(Cl)c2)C1. The van der Waals surface area contributed by atoms with Gasteiger partial charge < -0.3 is 10.1 Å². The highest BCUT2D eigenvalue weighted by Gasteiger charge is 2.27. The Balaban J connectivity index is 1.86. The molecule has 7 heteroatoms. The van der Waals surface area contributed by atoms with Crippen LogP contribution in [0.5, 0.6) is 0 Å². The Morgan fingerprint density at radius 3 is 2.83 bits per heavy atom. The van der Waals surface area contributed by atoms with E-state index < -0.39 is 0 Å². The number of likely N-dealkylation sites (tertiary alicyclic amines) is 1. The number of nitrogens with zero attached hydrogens (tertiary/aromatic N) is 1. The molecule has 1 aliphatic rings. The number of nitrogens with one attached hydrogen (secondary N) is 1. The minimum atomic E-state index is -0.179. The number of esters is 1. The van der Waals surface area contributed by atoms with Gasteiger partial charge in [-0.3, -0.25) is 14.5 Å². The molecule has 0 bridgehead atoms. The average molecular weight is 359 g/mol. The molecule has 23 heavy (non-hydrogen) atoms. The molecule has 0 saturated carbocycles. The van der Waals surface area contributed by atoms with E-state index in [0.29, 0.717) is 28.9 Å². The van der Waals surface area contributed by atoms with Crippen LogP contribution in [0.1, 0.15) is 19.8 Å². The van der Waals surface area contributed by atoms with Crippen LogP contribution in [0.15, 0.2) is 18.2 Å². The minimum absolute atomic E-state index is 0.145. The number of ether oxygens (including phenoxy) is 1. The van der Waals surface area contributed by atoms with Gasteiger partial charge in [-0.25, -0.2) is 0 Å². The lowest BCUT2D eigenvalue weighted by molar-refractivity contribution is -0.150. The number of halogens is 2. The Morgan fingerprint density at radius 2 is 2.13 bits per heavy atom. The van der Waals surface area contributed by atoms with Gasteiger partial charge in [0.2, 0.25) is 5.91 Å². The largest absolute Gasteiger partial charge is 0.466 e. The van der Waals surface area contributed by atoms with E-state index in [1.165, 1.54) is 0 Å². The first-order valence-electron chi connectivity index (χ1n) is 7.63. The van der Waals surface area contributed by atoms with Crippen molar-refractivity contribution >= 4 is 40.8 Å². The number of piperidine rings is 1. The van der Waals surface area contributed by atoms with Crippen molar-refractivity contribution in [2.45, 2.75) is 19.8 Å². The number of hydrogen-bond donors (Lipinski definition) is 1. The summed E-state index contributed by atoms with van der Waals surface area (Å²) in [5.74, 6) is -0.475. The molecule has 0 radical (unpaired) electrons. The van der Waals surface area contributed by atoms with E-state index in [9.17, 15) is 9.59 Å². The van der Waals surface area contributed by atoms with Gasteiger partial charge in [-0.15, -0.1) is 0 Å². The summed E-state index contributed by atoms with van der Waals surface area (Å²) in [6.07, 6.45) is 1.69. The first-order valence-corrected chi connectivity index (χ1v) is 8.39. The molecule has 2 rings (SSSR count). The van der Waals surface area contributed by atoms with Crippen molar-refractivity contribution in [3.05, 3.63) is 28.2 Å². The first kappa shape index (κ1) is 18.0. The third-order valence-electron chi connectivity index (χ3n) is 3.70. The van der Waals surface area contributed by atoms with Crippen LogP contribution in [0.2, 0.25) is 10.0 Å². The second kappa shape index (κ2) is 8.52. The van der Waals surface area contributed by atoms with E-state index >= 15 is 0 Å². The normalized spacial score (nSPS) is 18.5. The average Bonchev–Trinajstić information content (AvgIpc) is 2.51. The molecule has 126 valence electrons. The number of rotatable bonds is 5. The van der Waals surface area contributed by atoms with Gasteiger partial charge in [0.25, 0.3) is 0 Å². The number of carbonyl (C=O) groups is 2. The van der Waals surface area contributed by atoms with Crippen LogP contribution in [0.3, 0.4) is 0 Å². The predicted molar refractivity (Wildman–Crippen MR) is 90.9 cm³/mol. The van der Waals surface area contributed by atoms with Crippen molar-refractivity contribution in [3.8, 4) is 0 Å². The molecule has 1 saturated heterocycles. The van der Waals surface area contributed by atoms with Crippen molar-refractivity contribution < 1.29 is 14.3 Å². The summed E-state index contributed by atoms with van der Waals surface area (Å²) in [6, 6.07) is 4.94. The lowest BCUT2D eigenvalue weighted by Crippen LogP contribution is -2.43. The molecule has 0 unspecified atom stereocenters. The molecule has 1 atom stereocenters. The summed E-state index contributed by atoms with van der Waals surface area (Å²) in [6.45, 7) is 3.75. The third kappa shape index (κ3) is 5.37. The molecule has 1 fully saturated rings. The standard InChI is InChI=1S/C16H20Cl2N2O3/c1-2-23-16(22)11-4-3-7-20(9-11)10-15(21)19-12-5-6-13(17)14(18)8-12/h5-6,8,11H,2-4,7,9-10H2,1H3,(H,19,21)/t11-/m1/s1. The zero-order valence-electron chi connectivity index (χ0n) is 13.0. The van der Waals surface area contributed by atoms with Crippen LogP contribution >= 0.6 is 23.2 Å². The number of hydrogen-bond acceptors (Lipinski definition) is 4. The molecule has 1 heterocycles. The zero-order chi connectivity index (χ0) is 16.8. The molecule has 0 aliphatic carbocycles. The highest BCUT2D eigenvalue weighted by Crippen LogP contribution is 2.25. The van der Waals surface area contributed by atoms with E-state index in [4.69, 9.17) is 27.9 Å². The molecule has 0 spiro atoms. The smallest absolute Gasteiger partial charge is 0.310 e. The van der Waals surface area contributed by atoms with Gasteiger partial charge in [0.05, 0.1) is 29.1 Å². The summed E-state index contributed by atoms with van der Waals surface area (Å²) < 4.78 is 5.06.